The summed E-state index contributed by atoms with van der Waals surface area (Å²) in [6.45, 7) is 9.42. The Morgan fingerprint density at radius 2 is 2.14 bits per heavy atom. The lowest BCUT2D eigenvalue weighted by molar-refractivity contribution is 0.468. The Hall–Kier alpha value is -1.36. The molecule has 0 aliphatic heterocycles. The third kappa shape index (κ3) is 4.32. The molecular weight excluding hydrogens is 332 g/mol. The summed E-state index contributed by atoms with van der Waals surface area (Å²) in [5.41, 5.74) is 3.50. The van der Waals surface area contributed by atoms with Crippen molar-refractivity contribution in [3.63, 3.8) is 0 Å². The molecule has 0 aliphatic rings. The number of benzene rings is 1. The minimum absolute atomic E-state index is 0.687. The predicted molar refractivity (Wildman–Crippen MR) is 102 cm³/mol. The molecule has 0 fully saturated rings. The summed E-state index contributed by atoms with van der Waals surface area (Å²) in [6, 6.07) is 10.1. The third-order valence-corrected chi connectivity index (χ3v) is 5.03. The van der Waals surface area contributed by atoms with Crippen LogP contribution in [0.3, 0.4) is 0 Å². The van der Waals surface area contributed by atoms with Crippen LogP contribution in [0.2, 0.25) is 4.34 Å². The Bertz CT molecular complexity index is 679. The van der Waals surface area contributed by atoms with Crippen molar-refractivity contribution >= 4 is 46.0 Å². The number of nitrogens with zero attached hydrogens (tertiary/aromatic N) is 1. The first-order valence-corrected chi connectivity index (χ1v) is 8.58. The van der Waals surface area contributed by atoms with Crippen LogP contribution in [0.1, 0.15) is 16.0 Å². The lowest BCUT2D eigenvalue weighted by Gasteiger charge is -2.25. The Balaban J connectivity index is 2.12. The molecule has 0 atom stereocenters. The molecule has 2 rings (SSSR count). The monoisotopic (exact) mass is 350 g/mol. The topological polar surface area (TPSA) is 15.3 Å². The summed E-state index contributed by atoms with van der Waals surface area (Å²) in [5.74, 6) is 0. The summed E-state index contributed by atoms with van der Waals surface area (Å²) in [7, 11) is 0. The third-order valence-electron chi connectivity index (χ3n) is 3.46. The highest BCUT2D eigenvalue weighted by atomic mass is 35.5. The second-order valence-corrected chi connectivity index (χ2v) is 7.24. The largest absolute Gasteiger partial charge is 0.340 e. The van der Waals surface area contributed by atoms with Crippen LogP contribution in [-0.4, -0.2) is 16.6 Å². The van der Waals surface area contributed by atoms with E-state index in [0.29, 0.717) is 11.7 Å². The van der Waals surface area contributed by atoms with Crippen molar-refractivity contribution in [1.82, 2.24) is 4.90 Å². The molecule has 22 heavy (non-hydrogen) atoms. The molecule has 1 aromatic heterocycles. The van der Waals surface area contributed by atoms with Gasteiger partial charge in [0.2, 0.25) is 0 Å². The van der Waals surface area contributed by atoms with E-state index in [9.17, 15) is 0 Å². The molecule has 2 aromatic rings. The zero-order chi connectivity index (χ0) is 16.1. The Labute approximate surface area is 146 Å². The molecule has 0 radical (unpaired) electrons. The van der Waals surface area contributed by atoms with Gasteiger partial charge in [0, 0.05) is 17.1 Å². The molecule has 2 nitrogen and oxygen atoms in total. The van der Waals surface area contributed by atoms with Gasteiger partial charge in [0.1, 0.15) is 0 Å². The van der Waals surface area contributed by atoms with Crippen LogP contribution in [0.4, 0.5) is 5.69 Å². The van der Waals surface area contributed by atoms with Gasteiger partial charge in [-0.1, -0.05) is 29.8 Å². The molecule has 1 N–H and O–H groups in total. The standard InChI is InChI=1S/C17H19ClN2S2/c1-4-10-20(11-14-8-9-16(18)22-14)17(21)19-15-7-5-6-12(2)13(15)3/h4-9H,1,10-11H2,2-3H3,(H,19,21). The second kappa shape index (κ2) is 7.77. The van der Waals surface area contributed by atoms with E-state index in [1.165, 1.54) is 16.0 Å². The summed E-state index contributed by atoms with van der Waals surface area (Å²) in [6.07, 6.45) is 1.85. The van der Waals surface area contributed by atoms with E-state index in [0.717, 1.165) is 16.6 Å². The smallest absolute Gasteiger partial charge is 0.174 e. The van der Waals surface area contributed by atoms with Crippen molar-refractivity contribution in [3.8, 4) is 0 Å². The molecule has 0 unspecified atom stereocenters. The Morgan fingerprint density at radius 1 is 1.36 bits per heavy atom. The highest BCUT2D eigenvalue weighted by Crippen LogP contribution is 2.23. The first-order chi connectivity index (χ1) is 10.5. The number of hydrogen-bond donors (Lipinski definition) is 1. The van der Waals surface area contributed by atoms with Crippen LogP contribution in [0, 0.1) is 13.8 Å². The molecule has 0 saturated carbocycles. The van der Waals surface area contributed by atoms with E-state index in [4.69, 9.17) is 23.8 Å². The van der Waals surface area contributed by atoms with Crippen molar-refractivity contribution in [2.75, 3.05) is 11.9 Å². The van der Waals surface area contributed by atoms with Gasteiger partial charge >= 0.3 is 0 Å². The SMILES string of the molecule is C=CCN(Cc1ccc(Cl)s1)C(=S)Nc1cccc(C)c1C. The zero-order valence-electron chi connectivity index (χ0n) is 12.7. The van der Waals surface area contributed by atoms with E-state index in [1.807, 2.05) is 30.3 Å². The molecule has 0 saturated heterocycles. The van der Waals surface area contributed by atoms with Gasteiger partial charge in [0.05, 0.1) is 10.9 Å². The molecule has 0 bridgehead atoms. The van der Waals surface area contributed by atoms with E-state index in [2.05, 4.69) is 36.7 Å². The molecule has 1 aromatic carbocycles. The molecule has 116 valence electrons. The first-order valence-electron chi connectivity index (χ1n) is 6.98. The number of halogens is 1. The highest BCUT2D eigenvalue weighted by molar-refractivity contribution is 7.80. The fraction of sp³-hybridized carbons (Fsp3) is 0.235. The fourth-order valence-electron chi connectivity index (χ4n) is 2.08. The lowest BCUT2D eigenvalue weighted by atomic mass is 10.1. The average molecular weight is 351 g/mol. The van der Waals surface area contributed by atoms with Crippen molar-refractivity contribution in [3.05, 3.63) is 63.3 Å². The maximum Gasteiger partial charge on any atom is 0.174 e. The van der Waals surface area contributed by atoms with Crippen LogP contribution in [-0.2, 0) is 6.54 Å². The van der Waals surface area contributed by atoms with Crippen molar-refractivity contribution in [1.29, 1.82) is 0 Å². The number of nitrogens with one attached hydrogen (secondary N) is 1. The van der Waals surface area contributed by atoms with Crippen molar-refractivity contribution in [2.45, 2.75) is 20.4 Å². The number of thiocarbonyl (C=S) groups is 1. The molecule has 0 amide bonds. The fourth-order valence-corrected chi connectivity index (χ4v) is 3.43. The van der Waals surface area contributed by atoms with Crippen LogP contribution in [0.15, 0.2) is 43.0 Å². The molecular formula is C17H19ClN2S2. The normalized spacial score (nSPS) is 10.3. The maximum absolute atomic E-state index is 6.00. The van der Waals surface area contributed by atoms with Crippen LogP contribution in [0.25, 0.3) is 0 Å². The van der Waals surface area contributed by atoms with Gasteiger partial charge in [-0.2, -0.15) is 0 Å². The zero-order valence-corrected chi connectivity index (χ0v) is 15.1. The summed E-state index contributed by atoms with van der Waals surface area (Å²) >= 11 is 13.1. The number of thiophene rings is 1. The van der Waals surface area contributed by atoms with E-state index in [1.54, 1.807) is 11.3 Å². The van der Waals surface area contributed by atoms with Gasteiger partial charge in [-0.3, -0.25) is 0 Å². The van der Waals surface area contributed by atoms with Gasteiger partial charge < -0.3 is 10.2 Å². The van der Waals surface area contributed by atoms with Crippen LogP contribution in [0.5, 0.6) is 0 Å². The highest BCUT2D eigenvalue weighted by Gasteiger charge is 2.12. The average Bonchev–Trinajstić information content (AvgIpc) is 2.89. The summed E-state index contributed by atoms with van der Waals surface area (Å²) < 4.78 is 0.793. The summed E-state index contributed by atoms with van der Waals surface area (Å²) in [5, 5.41) is 4.04. The Morgan fingerprint density at radius 3 is 2.77 bits per heavy atom. The minimum atomic E-state index is 0.687. The van der Waals surface area contributed by atoms with Crippen molar-refractivity contribution in [2.24, 2.45) is 0 Å². The van der Waals surface area contributed by atoms with Gasteiger partial charge in [0.25, 0.3) is 0 Å². The quantitative estimate of drug-likeness (QED) is 0.573. The number of rotatable bonds is 5. The van der Waals surface area contributed by atoms with Gasteiger partial charge in [-0.15, -0.1) is 17.9 Å². The number of hydrogen-bond acceptors (Lipinski definition) is 2. The number of aryl methyl sites for hydroxylation is 1. The van der Waals surface area contributed by atoms with E-state index < -0.39 is 0 Å². The van der Waals surface area contributed by atoms with Crippen LogP contribution < -0.4 is 5.32 Å². The molecule has 0 aliphatic carbocycles. The number of anilines is 1. The molecule has 0 spiro atoms. The van der Waals surface area contributed by atoms with Crippen LogP contribution >= 0.6 is 35.2 Å². The van der Waals surface area contributed by atoms with Gasteiger partial charge in [-0.25, -0.2) is 0 Å². The summed E-state index contributed by atoms with van der Waals surface area (Å²) in [4.78, 5) is 3.25. The molecule has 5 heteroatoms. The van der Waals surface area contributed by atoms with E-state index >= 15 is 0 Å². The first kappa shape index (κ1) is 17.0. The van der Waals surface area contributed by atoms with E-state index in [-0.39, 0.29) is 0 Å². The van der Waals surface area contributed by atoms with Crippen molar-refractivity contribution < 1.29 is 0 Å². The maximum atomic E-state index is 6.00. The van der Waals surface area contributed by atoms with Gasteiger partial charge in [-0.05, 0) is 55.4 Å². The molecule has 1 heterocycles. The second-order valence-electron chi connectivity index (χ2n) is 5.05. The Kier molecular flexibility index (Phi) is 6.00. The predicted octanol–water partition coefficient (Wildman–Crippen LogP) is 5.40. The lowest BCUT2D eigenvalue weighted by Crippen LogP contribution is -2.34. The van der Waals surface area contributed by atoms with Gasteiger partial charge in [0.15, 0.2) is 5.11 Å². The minimum Gasteiger partial charge on any atom is -0.340 e.